The number of likely N-dealkylation sites (tertiary alicyclic amines) is 1. The Hall–Kier alpha value is -2.38. The molecule has 2 aliphatic heterocycles. The van der Waals surface area contributed by atoms with Gasteiger partial charge >= 0.3 is 0 Å². The molecular formula is C19H21N3O3S. The smallest absolute Gasteiger partial charge is 0.261 e. The summed E-state index contributed by atoms with van der Waals surface area (Å²) in [6, 6.07) is 9.99. The molecule has 2 amide bonds. The zero-order valence-corrected chi connectivity index (χ0v) is 15.2. The molecule has 136 valence electrons. The second-order valence-electron chi connectivity index (χ2n) is 6.74. The highest BCUT2D eigenvalue weighted by molar-refractivity contribution is 7.17. The van der Waals surface area contributed by atoms with Crippen LogP contribution in [-0.2, 0) is 11.4 Å². The number of piperidine rings is 1. The van der Waals surface area contributed by atoms with E-state index in [4.69, 9.17) is 10.5 Å². The number of benzene rings is 1. The molecule has 2 aromatic rings. The van der Waals surface area contributed by atoms with Gasteiger partial charge in [0.25, 0.3) is 5.91 Å². The molecule has 1 saturated heterocycles. The molecule has 0 spiro atoms. The van der Waals surface area contributed by atoms with Gasteiger partial charge in [-0.1, -0.05) is 12.1 Å². The monoisotopic (exact) mass is 371 g/mol. The molecule has 3 N–H and O–H groups in total. The van der Waals surface area contributed by atoms with E-state index in [9.17, 15) is 9.59 Å². The standard InChI is InChI=1S/C19H21N3O3S/c20-17(23)10-22-7-5-13(6-8-22)21-19(24)16-9-12-11-25-15-4-2-1-3-14(15)18(12)26-16/h1-4,9,13H,5-8,10-11H2,(H2,20,23)(H,21,24). The summed E-state index contributed by atoms with van der Waals surface area (Å²) in [7, 11) is 0. The van der Waals surface area contributed by atoms with Crippen LogP contribution in [0.25, 0.3) is 10.4 Å². The number of thiophene rings is 1. The van der Waals surface area contributed by atoms with Crippen molar-refractivity contribution in [3.05, 3.63) is 40.8 Å². The Balaban J connectivity index is 1.41. The average molecular weight is 371 g/mol. The van der Waals surface area contributed by atoms with Gasteiger partial charge in [0.15, 0.2) is 0 Å². The van der Waals surface area contributed by atoms with E-state index in [-0.39, 0.29) is 24.4 Å². The summed E-state index contributed by atoms with van der Waals surface area (Å²) in [5.74, 6) is 0.532. The summed E-state index contributed by atoms with van der Waals surface area (Å²) in [6.45, 7) is 2.34. The number of hydrogen-bond acceptors (Lipinski definition) is 5. The fourth-order valence-corrected chi connectivity index (χ4v) is 4.62. The lowest BCUT2D eigenvalue weighted by Crippen LogP contribution is -2.46. The van der Waals surface area contributed by atoms with Crippen LogP contribution in [0.15, 0.2) is 30.3 Å². The first kappa shape index (κ1) is 17.1. The van der Waals surface area contributed by atoms with E-state index in [0.29, 0.717) is 6.61 Å². The van der Waals surface area contributed by atoms with Gasteiger partial charge in [-0.3, -0.25) is 14.5 Å². The van der Waals surface area contributed by atoms with Crippen molar-refractivity contribution < 1.29 is 14.3 Å². The first-order valence-corrected chi connectivity index (χ1v) is 9.58. The second-order valence-corrected chi connectivity index (χ2v) is 7.79. The fraction of sp³-hybridized carbons (Fsp3) is 0.368. The number of carbonyl (C=O) groups is 2. The van der Waals surface area contributed by atoms with Crippen molar-refractivity contribution >= 4 is 23.2 Å². The Morgan fingerprint density at radius 1 is 1.27 bits per heavy atom. The highest BCUT2D eigenvalue weighted by Crippen LogP contribution is 2.42. The van der Waals surface area contributed by atoms with Gasteiger partial charge in [0.1, 0.15) is 12.4 Å². The lowest BCUT2D eigenvalue weighted by atomic mass is 10.0. The van der Waals surface area contributed by atoms with Gasteiger partial charge in [0, 0.05) is 35.1 Å². The molecule has 7 heteroatoms. The molecule has 1 fully saturated rings. The summed E-state index contributed by atoms with van der Waals surface area (Å²) in [5, 5.41) is 3.13. The molecule has 0 bridgehead atoms. The molecular weight excluding hydrogens is 350 g/mol. The fourth-order valence-electron chi connectivity index (χ4n) is 3.52. The number of rotatable bonds is 4. The predicted molar refractivity (Wildman–Crippen MR) is 100 cm³/mol. The van der Waals surface area contributed by atoms with Crippen molar-refractivity contribution in [3.8, 4) is 16.2 Å². The van der Waals surface area contributed by atoms with Gasteiger partial charge in [0.05, 0.1) is 11.4 Å². The third-order valence-electron chi connectivity index (χ3n) is 4.85. The number of primary amides is 1. The SMILES string of the molecule is NC(=O)CN1CCC(NC(=O)c2cc3c(s2)-c2ccccc2OC3)CC1. The van der Waals surface area contributed by atoms with Gasteiger partial charge in [0.2, 0.25) is 5.91 Å². The van der Waals surface area contributed by atoms with Crippen LogP contribution in [0, 0.1) is 0 Å². The van der Waals surface area contributed by atoms with Gasteiger partial charge in [-0.2, -0.15) is 0 Å². The van der Waals surface area contributed by atoms with Crippen molar-refractivity contribution in [2.24, 2.45) is 5.73 Å². The summed E-state index contributed by atoms with van der Waals surface area (Å²) in [6.07, 6.45) is 1.66. The molecule has 0 saturated carbocycles. The first-order valence-electron chi connectivity index (χ1n) is 8.76. The minimum Gasteiger partial charge on any atom is -0.488 e. The van der Waals surface area contributed by atoms with Crippen LogP contribution < -0.4 is 15.8 Å². The largest absolute Gasteiger partial charge is 0.488 e. The highest BCUT2D eigenvalue weighted by atomic mass is 32.1. The van der Waals surface area contributed by atoms with Gasteiger partial charge in [-0.15, -0.1) is 11.3 Å². The Morgan fingerprint density at radius 3 is 2.81 bits per heavy atom. The quantitative estimate of drug-likeness (QED) is 0.861. The lowest BCUT2D eigenvalue weighted by molar-refractivity contribution is -0.119. The van der Waals surface area contributed by atoms with Crippen molar-refractivity contribution in [1.29, 1.82) is 0 Å². The van der Waals surface area contributed by atoms with E-state index in [1.54, 1.807) is 0 Å². The minimum absolute atomic E-state index is 0.0322. The van der Waals surface area contributed by atoms with Crippen LogP contribution in [0.1, 0.15) is 28.1 Å². The molecule has 0 radical (unpaired) electrons. The van der Waals surface area contributed by atoms with Gasteiger partial charge in [-0.25, -0.2) is 0 Å². The van der Waals surface area contributed by atoms with Gasteiger partial charge in [-0.05, 0) is 31.0 Å². The first-order chi connectivity index (χ1) is 12.6. The van der Waals surface area contributed by atoms with E-state index in [1.165, 1.54) is 11.3 Å². The Bertz CT molecular complexity index is 840. The summed E-state index contributed by atoms with van der Waals surface area (Å²) in [5.41, 5.74) is 7.36. The highest BCUT2D eigenvalue weighted by Gasteiger charge is 2.25. The third-order valence-corrected chi connectivity index (χ3v) is 6.06. The maximum atomic E-state index is 12.7. The number of nitrogens with one attached hydrogen (secondary N) is 1. The zero-order chi connectivity index (χ0) is 18.1. The molecule has 26 heavy (non-hydrogen) atoms. The lowest BCUT2D eigenvalue weighted by Gasteiger charge is -2.31. The normalized spacial score (nSPS) is 17.1. The average Bonchev–Trinajstić information content (AvgIpc) is 3.08. The van der Waals surface area contributed by atoms with Crippen molar-refractivity contribution in [2.45, 2.75) is 25.5 Å². The van der Waals surface area contributed by atoms with Crippen LogP contribution >= 0.6 is 11.3 Å². The maximum absolute atomic E-state index is 12.7. The molecule has 1 aromatic heterocycles. The van der Waals surface area contributed by atoms with Crippen LogP contribution in [-0.4, -0.2) is 42.4 Å². The Kier molecular flexibility index (Phi) is 4.65. The minimum atomic E-state index is -0.306. The van der Waals surface area contributed by atoms with Crippen LogP contribution in [0.5, 0.6) is 5.75 Å². The zero-order valence-electron chi connectivity index (χ0n) is 14.4. The Morgan fingerprint density at radius 2 is 2.04 bits per heavy atom. The second kappa shape index (κ2) is 7.09. The van der Waals surface area contributed by atoms with Crippen molar-refractivity contribution in [2.75, 3.05) is 19.6 Å². The number of ether oxygens (including phenoxy) is 1. The maximum Gasteiger partial charge on any atom is 0.261 e. The molecule has 1 aromatic carbocycles. The molecule has 3 heterocycles. The number of hydrogen-bond donors (Lipinski definition) is 2. The molecule has 4 rings (SSSR count). The number of fused-ring (bicyclic) bond motifs is 3. The van der Waals surface area contributed by atoms with Crippen molar-refractivity contribution in [3.63, 3.8) is 0 Å². The van der Waals surface area contributed by atoms with Crippen LogP contribution in [0.2, 0.25) is 0 Å². The summed E-state index contributed by atoms with van der Waals surface area (Å²) >= 11 is 1.52. The molecule has 0 unspecified atom stereocenters. The number of nitrogens with zero attached hydrogens (tertiary/aromatic N) is 1. The molecule has 0 atom stereocenters. The van der Waals surface area contributed by atoms with Crippen molar-refractivity contribution in [1.82, 2.24) is 10.2 Å². The molecule has 6 nitrogen and oxygen atoms in total. The van der Waals surface area contributed by atoms with E-state index in [1.807, 2.05) is 35.2 Å². The Labute approximate surface area is 155 Å². The molecule has 2 aliphatic rings. The number of amides is 2. The van der Waals surface area contributed by atoms with Crippen LogP contribution in [0.3, 0.4) is 0 Å². The third kappa shape index (κ3) is 3.45. The predicted octanol–water partition coefficient (Wildman–Crippen LogP) is 1.99. The van der Waals surface area contributed by atoms with E-state index in [2.05, 4.69) is 5.32 Å². The molecule has 0 aliphatic carbocycles. The summed E-state index contributed by atoms with van der Waals surface area (Å²) in [4.78, 5) is 27.5. The van der Waals surface area contributed by atoms with E-state index < -0.39 is 0 Å². The number of nitrogens with two attached hydrogens (primary N) is 1. The van der Waals surface area contributed by atoms with Crippen LogP contribution in [0.4, 0.5) is 0 Å². The number of para-hydroxylation sites is 1. The van der Waals surface area contributed by atoms with Gasteiger partial charge < -0.3 is 15.8 Å². The van der Waals surface area contributed by atoms with E-state index in [0.717, 1.165) is 52.6 Å². The summed E-state index contributed by atoms with van der Waals surface area (Å²) < 4.78 is 5.77. The van der Waals surface area contributed by atoms with E-state index >= 15 is 0 Å². The number of carbonyl (C=O) groups excluding carboxylic acids is 2. The topological polar surface area (TPSA) is 84.7 Å².